The van der Waals surface area contributed by atoms with Crippen LogP contribution in [0.4, 0.5) is 14.5 Å². The van der Waals surface area contributed by atoms with Gasteiger partial charge in [-0.1, -0.05) is 0 Å². The van der Waals surface area contributed by atoms with Crippen molar-refractivity contribution in [3.05, 3.63) is 44.4 Å². The van der Waals surface area contributed by atoms with E-state index in [4.69, 9.17) is 5.73 Å². The molecule has 33 heavy (non-hydrogen) atoms. The number of nitrogens with two attached hydrogens (primary N) is 1. The number of carbonyl (C=O) groups is 2. The molecular formula is C20H18BrF2N7O2S. The third-order valence-corrected chi connectivity index (χ3v) is 7.42. The first-order valence-corrected chi connectivity index (χ1v) is 11.2. The van der Waals surface area contributed by atoms with Gasteiger partial charge >= 0.3 is 0 Å². The lowest BCUT2D eigenvalue weighted by Gasteiger charge is -2.10. The van der Waals surface area contributed by atoms with Gasteiger partial charge in [0.15, 0.2) is 5.69 Å². The topological polar surface area (TPSA) is 121 Å². The summed E-state index contributed by atoms with van der Waals surface area (Å²) >= 11 is 4.19. The van der Waals surface area contributed by atoms with E-state index in [-0.39, 0.29) is 21.1 Å². The van der Waals surface area contributed by atoms with Crippen molar-refractivity contribution in [2.75, 3.05) is 5.32 Å². The number of hydrogen-bond donors (Lipinski definition) is 2. The molecule has 172 valence electrons. The highest BCUT2D eigenvalue weighted by atomic mass is 79.9. The van der Waals surface area contributed by atoms with Gasteiger partial charge < -0.3 is 11.1 Å². The Morgan fingerprint density at radius 1 is 1.18 bits per heavy atom. The van der Waals surface area contributed by atoms with Gasteiger partial charge in [0.2, 0.25) is 0 Å². The van der Waals surface area contributed by atoms with Crippen molar-refractivity contribution in [3.63, 3.8) is 0 Å². The van der Waals surface area contributed by atoms with Crippen LogP contribution >= 0.6 is 27.3 Å². The number of aryl methyl sites for hydroxylation is 2. The van der Waals surface area contributed by atoms with Crippen molar-refractivity contribution in [3.8, 4) is 11.1 Å². The largest absolute Gasteiger partial charge is 0.365 e. The molecule has 0 aliphatic carbocycles. The summed E-state index contributed by atoms with van der Waals surface area (Å²) in [6.07, 6.45) is -1.31. The highest BCUT2D eigenvalue weighted by molar-refractivity contribution is 9.10. The number of aromatic nitrogens is 5. The van der Waals surface area contributed by atoms with Gasteiger partial charge in [-0.25, -0.2) is 13.8 Å². The van der Waals surface area contributed by atoms with Crippen LogP contribution in [0.2, 0.25) is 0 Å². The predicted octanol–water partition coefficient (Wildman–Crippen LogP) is 4.10. The average molecular weight is 538 g/mol. The standard InChI is InChI=1S/C20H18BrF2N7O2S/c1-7-10(6-25-29(7)3)9-5-11(17(22)23)26-20-12(9)14(16(33-20)18(24)31)27-19(32)15-13(21)8(2)30(4)28-15/h5-6,17H,1-4H3,(H2,24,31)(H,27,32). The number of pyridine rings is 1. The number of anilines is 1. The summed E-state index contributed by atoms with van der Waals surface area (Å²) in [5.74, 6) is -1.42. The molecule has 0 unspecified atom stereocenters. The Hall–Kier alpha value is -3.19. The maximum absolute atomic E-state index is 13.6. The summed E-state index contributed by atoms with van der Waals surface area (Å²) < 4.78 is 30.9. The van der Waals surface area contributed by atoms with Gasteiger partial charge in [-0.05, 0) is 41.4 Å². The van der Waals surface area contributed by atoms with Crippen LogP contribution in [0.1, 0.15) is 43.7 Å². The molecular weight excluding hydrogens is 520 g/mol. The third kappa shape index (κ3) is 3.80. The lowest BCUT2D eigenvalue weighted by atomic mass is 10.0. The summed E-state index contributed by atoms with van der Waals surface area (Å²) in [6, 6.07) is 1.24. The van der Waals surface area contributed by atoms with E-state index in [9.17, 15) is 18.4 Å². The van der Waals surface area contributed by atoms with Crippen LogP contribution in [0.15, 0.2) is 16.7 Å². The number of nitrogens with zero attached hydrogens (tertiary/aromatic N) is 5. The maximum atomic E-state index is 13.6. The number of primary amides is 1. The molecule has 0 bridgehead atoms. The Labute approximate surface area is 198 Å². The molecule has 4 aromatic rings. The summed E-state index contributed by atoms with van der Waals surface area (Å²) in [6.45, 7) is 3.56. The molecule has 0 aromatic carbocycles. The first-order chi connectivity index (χ1) is 15.5. The number of fused-ring (bicyclic) bond motifs is 1. The minimum Gasteiger partial charge on any atom is -0.365 e. The van der Waals surface area contributed by atoms with Gasteiger partial charge in [0.1, 0.15) is 15.4 Å². The van der Waals surface area contributed by atoms with E-state index in [2.05, 4.69) is 36.4 Å². The fourth-order valence-electron chi connectivity index (χ4n) is 3.40. The molecule has 4 rings (SSSR count). The van der Waals surface area contributed by atoms with Crippen molar-refractivity contribution in [1.82, 2.24) is 24.5 Å². The molecule has 2 amide bonds. The summed E-state index contributed by atoms with van der Waals surface area (Å²) in [4.78, 5) is 29.5. The van der Waals surface area contributed by atoms with E-state index < -0.39 is 23.9 Å². The summed E-state index contributed by atoms with van der Waals surface area (Å²) in [5, 5.41) is 11.4. The molecule has 0 atom stereocenters. The van der Waals surface area contributed by atoms with Crippen molar-refractivity contribution in [2.45, 2.75) is 20.3 Å². The van der Waals surface area contributed by atoms with Crippen LogP contribution in [-0.2, 0) is 14.1 Å². The van der Waals surface area contributed by atoms with Crippen molar-refractivity contribution < 1.29 is 18.4 Å². The van der Waals surface area contributed by atoms with E-state index in [1.807, 2.05) is 0 Å². The predicted molar refractivity (Wildman–Crippen MR) is 124 cm³/mol. The molecule has 0 radical (unpaired) electrons. The van der Waals surface area contributed by atoms with Gasteiger partial charge in [0.05, 0.1) is 22.1 Å². The summed E-state index contributed by atoms with van der Waals surface area (Å²) in [5.41, 5.74) is 7.65. The molecule has 0 saturated heterocycles. The van der Waals surface area contributed by atoms with Gasteiger partial charge in [-0.3, -0.25) is 19.0 Å². The Morgan fingerprint density at radius 3 is 2.39 bits per heavy atom. The second-order valence-corrected chi connectivity index (χ2v) is 9.13. The Morgan fingerprint density at radius 2 is 1.88 bits per heavy atom. The van der Waals surface area contributed by atoms with Crippen LogP contribution in [0.25, 0.3) is 21.3 Å². The number of carbonyl (C=O) groups excluding carboxylic acids is 2. The minimum atomic E-state index is -2.84. The number of amides is 2. The van der Waals surface area contributed by atoms with E-state index >= 15 is 0 Å². The van der Waals surface area contributed by atoms with Crippen molar-refractivity contribution in [2.24, 2.45) is 19.8 Å². The third-order valence-electron chi connectivity index (χ3n) is 5.37. The van der Waals surface area contributed by atoms with E-state index in [0.717, 1.165) is 17.0 Å². The zero-order valence-corrected chi connectivity index (χ0v) is 20.3. The Balaban J connectivity index is 1.99. The van der Waals surface area contributed by atoms with Crippen LogP contribution in [-0.4, -0.2) is 36.4 Å². The normalized spacial score (nSPS) is 11.5. The number of alkyl halides is 2. The Bertz CT molecular complexity index is 1440. The average Bonchev–Trinajstić information content (AvgIpc) is 3.37. The second kappa shape index (κ2) is 8.30. The first-order valence-electron chi connectivity index (χ1n) is 9.56. The smallest absolute Gasteiger partial charge is 0.280 e. The fourth-order valence-corrected chi connectivity index (χ4v) is 4.93. The zero-order valence-electron chi connectivity index (χ0n) is 17.9. The second-order valence-electron chi connectivity index (χ2n) is 7.34. The van der Waals surface area contributed by atoms with E-state index in [1.165, 1.54) is 16.9 Å². The van der Waals surface area contributed by atoms with Crippen LogP contribution < -0.4 is 11.1 Å². The fraction of sp³-hybridized carbons (Fsp3) is 0.250. The molecule has 13 heteroatoms. The number of thiophene rings is 1. The first kappa shape index (κ1) is 23.0. The molecule has 0 aliphatic heterocycles. The molecule has 0 fully saturated rings. The van der Waals surface area contributed by atoms with Crippen molar-refractivity contribution >= 4 is 55.0 Å². The van der Waals surface area contributed by atoms with E-state index in [1.54, 1.807) is 32.6 Å². The van der Waals surface area contributed by atoms with Gasteiger partial charge in [0.25, 0.3) is 18.2 Å². The number of hydrogen-bond acceptors (Lipinski definition) is 6. The van der Waals surface area contributed by atoms with Gasteiger partial charge in [-0.2, -0.15) is 10.2 Å². The van der Waals surface area contributed by atoms with Gasteiger partial charge in [0, 0.05) is 30.7 Å². The van der Waals surface area contributed by atoms with Crippen molar-refractivity contribution in [1.29, 1.82) is 0 Å². The van der Waals surface area contributed by atoms with Crippen LogP contribution in [0.3, 0.4) is 0 Å². The summed E-state index contributed by atoms with van der Waals surface area (Å²) in [7, 11) is 3.40. The van der Waals surface area contributed by atoms with Crippen LogP contribution in [0, 0.1) is 13.8 Å². The zero-order chi connectivity index (χ0) is 24.2. The highest BCUT2D eigenvalue weighted by Crippen LogP contribution is 2.43. The molecule has 4 aromatic heterocycles. The molecule has 3 N–H and O–H groups in total. The van der Waals surface area contributed by atoms with Gasteiger partial charge in [-0.15, -0.1) is 11.3 Å². The Kier molecular flexibility index (Phi) is 5.78. The molecule has 0 aliphatic rings. The van der Waals surface area contributed by atoms with E-state index in [0.29, 0.717) is 26.7 Å². The van der Waals surface area contributed by atoms with Crippen LogP contribution in [0.5, 0.6) is 0 Å². The minimum absolute atomic E-state index is 0.0103. The lowest BCUT2D eigenvalue weighted by molar-refractivity contribution is 0.100. The molecule has 4 heterocycles. The monoisotopic (exact) mass is 537 g/mol. The molecule has 9 nitrogen and oxygen atoms in total. The lowest BCUT2D eigenvalue weighted by Crippen LogP contribution is -2.17. The highest BCUT2D eigenvalue weighted by Gasteiger charge is 2.27. The number of halogens is 3. The number of rotatable bonds is 5. The maximum Gasteiger partial charge on any atom is 0.280 e. The SMILES string of the molecule is Cc1c(-c2cc(C(F)F)nc3sc(C(N)=O)c(NC(=O)c4nn(C)c(C)c4Br)c23)cnn1C. The quantitative estimate of drug-likeness (QED) is 0.397. The molecule has 0 saturated carbocycles. The number of nitrogens with one attached hydrogen (secondary N) is 1. The molecule has 0 spiro atoms.